The van der Waals surface area contributed by atoms with Crippen molar-refractivity contribution in [1.82, 2.24) is 20.2 Å². The molecule has 1 aliphatic carbocycles. The molecule has 1 saturated carbocycles. The maximum absolute atomic E-state index is 6.25. The van der Waals surface area contributed by atoms with Crippen LogP contribution >= 0.6 is 11.3 Å². The number of nitrogens with two attached hydrogens (primary N) is 1. The lowest BCUT2D eigenvalue weighted by molar-refractivity contribution is 0.195. The highest BCUT2D eigenvalue weighted by Gasteiger charge is 2.22. The third kappa shape index (κ3) is 3.35. The normalized spacial score (nSPS) is 20.5. The molecule has 1 aliphatic heterocycles. The van der Waals surface area contributed by atoms with Gasteiger partial charge in [-0.1, -0.05) is 24.2 Å². The molecule has 8 heteroatoms. The van der Waals surface area contributed by atoms with Crippen LogP contribution in [0.3, 0.4) is 0 Å². The lowest BCUT2D eigenvalue weighted by Gasteiger charge is -2.12. The van der Waals surface area contributed by atoms with Gasteiger partial charge in [0.1, 0.15) is 10.8 Å². The number of fused-ring (bicyclic) bond motifs is 1. The molecular weight excluding hydrogens is 360 g/mol. The van der Waals surface area contributed by atoms with E-state index in [2.05, 4.69) is 25.5 Å². The summed E-state index contributed by atoms with van der Waals surface area (Å²) in [5, 5.41) is 14.2. The van der Waals surface area contributed by atoms with Crippen molar-refractivity contribution in [3.63, 3.8) is 0 Å². The highest BCUT2D eigenvalue weighted by molar-refractivity contribution is 7.14. The molecule has 2 aliphatic rings. The van der Waals surface area contributed by atoms with Gasteiger partial charge in [-0.05, 0) is 31.4 Å². The molecule has 0 amide bonds. The summed E-state index contributed by atoms with van der Waals surface area (Å²) in [5.74, 6) is 1.02. The summed E-state index contributed by atoms with van der Waals surface area (Å²) >= 11 is 1.63. The van der Waals surface area contributed by atoms with E-state index in [0.717, 1.165) is 51.9 Å². The number of nitrogens with zero attached hydrogens (tertiary/aromatic N) is 4. The Morgan fingerprint density at radius 2 is 2.00 bits per heavy atom. The number of anilines is 2. The summed E-state index contributed by atoms with van der Waals surface area (Å²) in [6.45, 7) is 1.53. The SMILES string of the molecule is Nc1nc2cc(NC3CCOC3)cnc2cc1-c1nnc(C2CCCC2)s1. The minimum atomic E-state index is 0.330. The van der Waals surface area contributed by atoms with Crippen molar-refractivity contribution in [2.24, 2.45) is 0 Å². The minimum absolute atomic E-state index is 0.330. The fourth-order valence-corrected chi connectivity index (χ4v) is 4.92. The standard InChI is InChI=1S/C19H22N6OS/c20-17-14(19-25-24-18(27-19)11-3-1-2-4-11)8-15-16(23-17)7-13(9-21-15)22-12-5-6-26-10-12/h7-9,11-12,22H,1-6,10H2,(H2,20,23). The van der Waals surface area contributed by atoms with Gasteiger partial charge in [0.05, 0.1) is 41.1 Å². The molecule has 27 heavy (non-hydrogen) atoms. The molecule has 0 radical (unpaired) electrons. The Kier molecular flexibility index (Phi) is 4.37. The van der Waals surface area contributed by atoms with Crippen LogP contribution in [0, 0.1) is 0 Å². The highest BCUT2D eigenvalue weighted by Crippen LogP contribution is 2.38. The van der Waals surface area contributed by atoms with Crippen LogP contribution in [0.4, 0.5) is 11.5 Å². The predicted molar refractivity (Wildman–Crippen MR) is 107 cm³/mol. The monoisotopic (exact) mass is 382 g/mol. The molecule has 2 fully saturated rings. The number of hydrogen-bond donors (Lipinski definition) is 2. The van der Waals surface area contributed by atoms with Gasteiger partial charge < -0.3 is 15.8 Å². The summed E-state index contributed by atoms with van der Waals surface area (Å²) in [5.41, 5.74) is 9.61. The number of nitrogens with one attached hydrogen (secondary N) is 1. The minimum Gasteiger partial charge on any atom is -0.383 e. The first-order valence-electron chi connectivity index (χ1n) is 9.50. The average molecular weight is 382 g/mol. The number of aromatic nitrogens is 4. The number of pyridine rings is 2. The summed E-state index contributed by atoms with van der Waals surface area (Å²) in [6.07, 6.45) is 7.84. The Morgan fingerprint density at radius 3 is 2.81 bits per heavy atom. The Balaban J connectivity index is 1.44. The van der Waals surface area contributed by atoms with Gasteiger partial charge in [0.2, 0.25) is 0 Å². The van der Waals surface area contributed by atoms with Crippen molar-refractivity contribution in [2.45, 2.75) is 44.1 Å². The average Bonchev–Trinajstić information content (AvgIpc) is 3.43. The molecule has 0 spiro atoms. The molecule has 1 saturated heterocycles. The van der Waals surface area contributed by atoms with Gasteiger partial charge in [-0.15, -0.1) is 10.2 Å². The largest absolute Gasteiger partial charge is 0.383 e. The van der Waals surface area contributed by atoms with Gasteiger partial charge in [-0.25, -0.2) is 4.98 Å². The van der Waals surface area contributed by atoms with E-state index in [1.165, 1.54) is 25.7 Å². The van der Waals surface area contributed by atoms with E-state index in [-0.39, 0.29) is 0 Å². The van der Waals surface area contributed by atoms with Gasteiger partial charge in [-0.2, -0.15) is 0 Å². The van der Waals surface area contributed by atoms with Crippen LogP contribution in [0.2, 0.25) is 0 Å². The van der Waals surface area contributed by atoms with Gasteiger partial charge in [0.15, 0.2) is 5.01 Å². The van der Waals surface area contributed by atoms with Crippen molar-refractivity contribution in [3.8, 4) is 10.6 Å². The van der Waals surface area contributed by atoms with Gasteiger partial charge in [0.25, 0.3) is 0 Å². The first-order valence-corrected chi connectivity index (χ1v) is 10.3. The van der Waals surface area contributed by atoms with Crippen molar-refractivity contribution >= 4 is 33.9 Å². The zero-order valence-electron chi connectivity index (χ0n) is 15.0. The molecule has 140 valence electrons. The fraction of sp³-hybridized carbons (Fsp3) is 0.474. The second kappa shape index (κ2) is 7.01. The van der Waals surface area contributed by atoms with E-state index in [1.807, 2.05) is 18.3 Å². The van der Waals surface area contributed by atoms with Gasteiger partial charge in [-0.3, -0.25) is 4.98 Å². The fourth-order valence-electron chi connectivity index (χ4n) is 3.88. The zero-order chi connectivity index (χ0) is 18.2. The molecule has 3 N–H and O–H groups in total. The van der Waals surface area contributed by atoms with Crippen LogP contribution in [0.5, 0.6) is 0 Å². The number of nitrogen functional groups attached to an aromatic ring is 1. The second-order valence-electron chi connectivity index (χ2n) is 7.32. The van der Waals surface area contributed by atoms with E-state index in [4.69, 9.17) is 10.5 Å². The first-order chi connectivity index (χ1) is 13.3. The molecule has 3 aromatic rings. The second-order valence-corrected chi connectivity index (χ2v) is 8.32. The van der Waals surface area contributed by atoms with Crippen LogP contribution in [-0.4, -0.2) is 39.4 Å². The lowest BCUT2D eigenvalue weighted by Crippen LogP contribution is -2.18. The van der Waals surface area contributed by atoms with Crippen molar-refractivity contribution < 1.29 is 4.74 Å². The Labute approximate surface area is 161 Å². The lowest BCUT2D eigenvalue weighted by atomic mass is 10.1. The van der Waals surface area contributed by atoms with Gasteiger partial charge >= 0.3 is 0 Å². The third-order valence-electron chi connectivity index (χ3n) is 5.37. The van der Waals surface area contributed by atoms with Crippen LogP contribution in [0.1, 0.15) is 43.0 Å². The van der Waals surface area contributed by atoms with Crippen LogP contribution in [0.15, 0.2) is 18.3 Å². The Hall–Kier alpha value is -2.32. The summed E-state index contributed by atoms with van der Waals surface area (Å²) in [6, 6.07) is 4.29. The molecule has 4 heterocycles. The molecule has 3 aromatic heterocycles. The number of rotatable bonds is 4. The smallest absolute Gasteiger partial charge is 0.151 e. The molecule has 0 aromatic carbocycles. The Bertz CT molecular complexity index is 962. The number of hydrogen-bond acceptors (Lipinski definition) is 8. The van der Waals surface area contributed by atoms with Crippen LogP contribution in [-0.2, 0) is 4.74 Å². The van der Waals surface area contributed by atoms with Crippen LogP contribution in [0.25, 0.3) is 21.6 Å². The van der Waals surface area contributed by atoms with Gasteiger partial charge in [0, 0.05) is 12.5 Å². The summed E-state index contributed by atoms with van der Waals surface area (Å²) < 4.78 is 5.41. The molecule has 1 unspecified atom stereocenters. The quantitative estimate of drug-likeness (QED) is 0.711. The van der Waals surface area contributed by atoms with Crippen LogP contribution < -0.4 is 11.1 Å². The molecule has 0 bridgehead atoms. The first kappa shape index (κ1) is 16.8. The van der Waals surface area contributed by atoms with Crippen molar-refractivity contribution in [2.75, 3.05) is 24.3 Å². The maximum Gasteiger partial charge on any atom is 0.151 e. The van der Waals surface area contributed by atoms with E-state index in [0.29, 0.717) is 17.8 Å². The summed E-state index contributed by atoms with van der Waals surface area (Å²) in [7, 11) is 0. The molecular formula is C19H22N6OS. The molecule has 5 rings (SSSR count). The van der Waals surface area contributed by atoms with Crippen molar-refractivity contribution in [3.05, 3.63) is 23.3 Å². The highest BCUT2D eigenvalue weighted by atomic mass is 32.1. The predicted octanol–water partition coefficient (Wildman–Crippen LogP) is 3.59. The summed E-state index contributed by atoms with van der Waals surface area (Å²) in [4.78, 5) is 9.15. The van der Waals surface area contributed by atoms with Crippen molar-refractivity contribution in [1.29, 1.82) is 0 Å². The third-order valence-corrected chi connectivity index (χ3v) is 6.49. The molecule has 7 nitrogen and oxygen atoms in total. The topological polar surface area (TPSA) is 98.8 Å². The van der Waals surface area contributed by atoms with E-state index >= 15 is 0 Å². The van der Waals surface area contributed by atoms with E-state index < -0.39 is 0 Å². The Morgan fingerprint density at radius 1 is 1.11 bits per heavy atom. The molecule has 1 atom stereocenters. The zero-order valence-corrected chi connectivity index (χ0v) is 15.8. The van der Waals surface area contributed by atoms with E-state index in [9.17, 15) is 0 Å². The number of ether oxygens (including phenoxy) is 1. The maximum atomic E-state index is 6.25. The van der Waals surface area contributed by atoms with E-state index in [1.54, 1.807) is 11.3 Å².